The summed E-state index contributed by atoms with van der Waals surface area (Å²) in [4.78, 5) is -0.407. The van der Waals surface area contributed by atoms with Crippen LogP contribution in [0.2, 0.25) is 0 Å². The van der Waals surface area contributed by atoms with Crippen LogP contribution in [0.1, 0.15) is 6.42 Å². The van der Waals surface area contributed by atoms with Crippen molar-refractivity contribution in [3.63, 3.8) is 0 Å². The molecular formula is C11H8ClF4NO2S. The number of benzene rings is 1. The molecule has 20 heavy (non-hydrogen) atoms. The van der Waals surface area contributed by atoms with Gasteiger partial charge in [-0.25, -0.2) is 12.8 Å². The second kappa shape index (κ2) is 4.92. The summed E-state index contributed by atoms with van der Waals surface area (Å²) in [6.07, 6.45) is -4.52. The van der Waals surface area contributed by atoms with Gasteiger partial charge < -0.3 is 4.57 Å². The SMILES string of the molecule is O=S(=O)(Cl)c1cn(CCC(F)(F)F)c2ccc(F)cc12. The zero-order valence-electron chi connectivity index (χ0n) is 9.79. The highest BCUT2D eigenvalue weighted by Crippen LogP contribution is 2.30. The fourth-order valence-electron chi connectivity index (χ4n) is 1.86. The number of aryl methyl sites for hydroxylation is 1. The van der Waals surface area contributed by atoms with Gasteiger partial charge in [-0.05, 0) is 18.2 Å². The van der Waals surface area contributed by atoms with Crippen molar-refractivity contribution in [1.29, 1.82) is 0 Å². The van der Waals surface area contributed by atoms with Gasteiger partial charge in [0.2, 0.25) is 0 Å². The third kappa shape index (κ3) is 3.24. The molecule has 0 saturated carbocycles. The van der Waals surface area contributed by atoms with Crippen LogP contribution in [0.25, 0.3) is 10.9 Å². The highest BCUT2D eigenvalue weighted by molar-refractivity contribution is 8.14. The van der Waals surface area contributed by atoms with Crippen LogP contribution in [0, 0.1) is 5.82 Å². The van der Waals surface area contributed by atoms with Crippen molar-refractivity contribution < 1.29 is 26.0 Å². The molecule has 1 aromatic carbocycles. The van der Waals surface area contributed by atoms with Crippen molar-refractivity contribution in [2.45, 2.75) is 24.0 Å². The molecule has 0 atom stereocenters. The van der Waals surface area contributed by atoms with Gasteiger partial charge in [0, 0.05) is 34.3 Å². The molecule has 0 aliphatic heterocycles. The number of halogens is 5. The number of hydrogen-bond donors (Lipinski definition) is 0. The first-order valence-electron chi connectivity index (χ1n) is 5.38. The van der Waals surface area contributed by atoms with E-state index in [0.29, 0.717) is 0 Å². The monoisotopic (exact) mass is 329 g/mol. The minimum absolute atomic E-state index is 0.0397. The molecule has 0 aliphatic carbocycles. The van der Waals surface area contributed by atoms with E-state index in [4.69, 9.17) is 10.7 Å². The molecule has 2 aromatic rings. The smallest absolute Gasteiger partial charge is 0.346 e. The Bertz CT molecular complexity index is 752. The fraction of sp³-hybridized carbons (Fsp3) is 0.273. The van der Waals surface area contributed by atoms with Crippen LogP contribution >= 0.6 is 10.7 Å². The molecule has 0 bridgehead atoms. The lowest BCUT2D eigenvalue weighted by Crippen LogP contribution is -2.11. The van der Waals surface area contributed by atoms with Crippen molar-refractivity contribution in [2.24, 2.45) is 0 Å². The number of rotatable bonds is 3. The third-order valence-electron chi connectivity index (χ3n) is 2.71. The zero-order valence-corrected chi connectivity index (χ0v) is 11.4. The Hall–Kier alpha value is -1.28. The van der Waals surface area contributed by atoms with Crippen molar-refractivity contribution in [3.8, 4) is 0 Å². The molecule has 9 heteroatoms. The van der Waals surface area contributed by atoms with E-state index in [9.17, 15) is 26.0 Å². The van der Waals surface area contributed by atoms with Crippen LogP contribution in [0.4, 0.5) is 17.6 Å². The Morgan fingerprint density at radius 2 is 1.90 bits per heavy atom. The van der Waals surface area contributed by atoms with Gasteiger partial charge in [0.15, 0.2) is 0 Å². The Morgan fingerprint density at radius 3 is 2.45 bits per heavy atom. The maximum absolute atomic E-state index is 13.2. The fourth-order valence-corrected chi connectivity index (χ4v) is 2.91. The third-order valence-corrected chi connectivity index (χ3v) is 4.05. The standard InChI is InChI=1S/C11H8ClF4NO2S/c12-20(18,19)10-6-17(4-3-11(14,15)16)9-2-1-7(13)5-8(9)10/h1-2,5-6H,3-4H2. The van der Waals surface area contributed by atoms with Gasteiger partial charge in [-0.3, -0.25) is 0 Å². The molecule has 0 amide bonds. The summed E-state index contributed by atoms with van der Waals surface area (Å²) in [6, 6.07) is 3.18. The quantitative estimate of drug-likeness (QED) is 0.637. The van der Waals surface area contributed by atoms with Crippen molar-refractivity contribution in [2.75, 3.05) is 0 Å². The molecule has 3 nitrogen and oxygen atoms in total. The van der Waals surface area contributed by atoms with Crippen molar-refractivity contribution in [1.82, 2.24) is 4.57 Å². The average molecular weight is 330 g/mol. The Balaban J connectivity index is 2.57. The van der Waals surface area contributed by atoms with Crippen LogP contribution in [-0.2, 0) is 15.6 Å². The van der Waals surface area contributed by atoms with E-state index in [1.54, 1.807) is 0 Å². The first kappa shape index (κ1) is 15.1. The van der Waals surface area contributed by atoms with Gasteiger partial charge in [0.25, 0.3) is 9.05 Å². The predicted molar refractivity (Wildman–Crippen MR) is 65.6 cm³/mol. The number of alkyl halides is 3. The Labute approximate surface area is 116 Å². The molecular weight excluding hydrogens is 322 g/mol. The van der Waals surface area contributed by atoms with Gasteiger partial charge in [-0.15, -0.1) is 0 Å². The predicted octanol–water partition coefficient (Wildman–Crippen LogP) is 3.66. The molecule has 0 fully saturated rings. The number of aromatic nitrogens is 1. The summed E-state index contributed by atoms with van der Waals surface area (Å²) in [7, 11) is 1.03. The summed E-state index contributed by atoms with van der Waals surface area (Å²) in [6.45, 7) is -0.474. The summed E-state index contributed by atoms with van der Waals surface area (Å²) in [5.74, 6) is -0.701. The number of nitrogens with zero attached hydrogens (tertiary/aromatic N) is 1. The molecule has 0 spiro atoms. The molecule has 0 saturated heterocycles. The molecule has 0 aliphatic rings. The first-order chi connectivity index (χ1) is 9.08. The molecule has 2 rings (SSSR count). The van der Waals surface area contributed by atoms with Crippen molar-refractivity contribution >= 4 is 30.6 Å². The summed E-state index contributed by atoms with van der Waals surface area (Å²) >= 11 is 0. The molecule has 1 aromatic heterocycles. The lowest BCUT2D eigenvalue weighted by molar-refractivity contribution is -0.136. The average Bonchev–Trinajstić information content (AvgIpc) is 2.63. The van der Waals surface area contributed by atoms with Crippen LogP contribution in [-0.4, -0.2) is 19.2 Å². The maximum atomic E-state index is 13.2. The largest absolute Gasteiger partial charge is 0.390 e. The molecule has 0 unspecified atom stereocenters. The molecule has 0 radical (unpaired) electrons. The first-order valence-corrected chi connectivity index (χ1v) is 7.69. The van der Waals surface area contributed by atoms with E-state index in [0.717, 1.165) is 22.9 Å². The molecule has 1 heterocycles. The van der Waals surface area contributed by atoms with Crippen LogP contribution in [0.3, 0.4) is 0 Å². The van der Waals surface area contributed by atoms with Gasteiger partial charge in [0.05, 0.1) is 6.42 Å². The number of fused-ring (bicyclic) bond motifs is 1. The van der Waals surface area contributed by atoms with Crippen molar-refractivity contribution in [3.05, 3.63) is 30.2 Å². The summed E-state index contributed by atoms with van der Waals surface area (Å²) in [5.41, 5.74) is 0.176. The zero-order chi connectivity index (χ0) is 15.1. The Kier molecular flexibility index (Phi) is 3.72. The van der Waals surface area contributed by atoms with Crippen LogP contribution < -0.4 is 0 Å². The highest BCUT2D eigenvalue weighted by Gasteiger charge is 2.28. The van der Waals surface area contributed by atoms with E-state index in [-0.39, 0.29) is 10.9 Å². The lowest BCUT2D eigenvalue weighted by atomic mass is 10.2. The minimum Gasteiger partial charge on any atom is -0.346 e. The summed E-state index contributed by atoms with van der Waals surface area (Å²) in [5, 5.41) is -0.0397. The summed E-state index contributed by atoms with van der Waals surface area (Å²) < 4.78 is 73.7. The molecule has 0 N–H and O–H groups in total. The van der Waals surface area contributed by atoms with E-state index in [1.807, 2.05) is 0 Å². The normalized spacial score (nSPS) is 13.1. The Morgan fingerprint density at radius 1 is 1.25 bits per heavy atom. The van der Waals surface area contributed by atoms with E-state index < -0.39 is 38.9 Å². The van der Waals surface area contributed by atoms with Gasteiger partial charge >= 0.3 is 6.18 Å². The van der Waals surface area contributed by atoms with E-state index in [1.165, 1.54) is 6.07 Å². The molecule has 110 valence electrons. The topological polar surface area (TPSA) is 39.1 Å². The number of hydrogen-bond acceptors (Lipinski definition) is 2. The minimum atomic E-state index is -4.38. The lowest BCUT2D eigenvalue weighted by Gasteiger charge is -2.08. The van der Waals surface area contributed by atoms with Gasteiger partial charge in [0.1, 0.15) is 10.7 Å². The second-order valence-electron chi connectivity index (χ2n) is 4.15. The van der Waals surface area contributed by atoms with E-state index in [2.05, 4.69) is 0 Å². The van der Waals surface area contributed by atoms with Crippen LogP contribution in [0.15, 0.2) is 29.3 Å². The maximum Gasteiger partial charge on any atom is 0.390 e. The highest BCUT2D eigenvalue weighted by atomic mass is 35.7. The van der Waals surface area contributed by atoms with Gasteiger partial charge in [-0.2, -0.15) is 13.2 Å². The van der Waals surface area contributed by atoms with Crippen LogP contribution in [0.5, 0.6) is 0 Å². The second-order valence-corrected chi connectivity index (χ2v) is 6.69. The van der Waals surface area contributed by atoms with Gasteiger partial charge in [-0.1, -0.05) is 0 Å². The van der Waals surface area contributed by atoms with E-state index >= 15 is 0 Å².